The summed E-state index contributed by atoms with van der Waals surface area (Å²) in [5.74, 6) is 1.46. The summed E-state index contributed by atoms with van der Waals surface area (Å²) in [7, 11) is 0. The first-order chi connectivity index (χ1) is 12.3. The Morgan fingerprint density at radius 3 is 2.64 bits per heavy atom. The lowest BCUT2D eigenvalue weighted by Gasteiger charge is -2.27. The molecule has 0 aromatic carbocycles. The number of rotatable bonds is 4. The molecule has 1 saturated heterocycles. The number of carbonyl (C=O) groups excluding carboxylic acids is 1. The number of carbonyl (C=O) groups is 1. The first-order valence-electron chi connectivity index (χ1n) is 9.10. The molecule has 4 rings (SSSR count). The fourth-order valence-corrected chi connectivity index (χ4v) is 3.76. The number of oxazole rings is 1. The molecule has 0 radical (unpaired) electrons. The summed E-state index contributed by atoms with van der Waals surface area (Å²) < 4.78 is 11.0. The van der Waals surface area contributed by atoms with E-state index in [0.29, 0.717) is 17.4 Å². The van der Waals surface area contributed by atoms with E-state index in [4.69, 9.17) is 9.15 Å². The van der Waals surface area contributed by atoms with Gasteiger partial charge in [0, 0.05) is 31.4 Å². The first-order valence-corrected chi connectivity index (χ1v) is 9.10. The minimum Gasteiger partial charge on any atom is -0.448 e. The molecule has 0 bridgehead atoms. The van der Waals surface area contributed by atoms with Crippen LogP contribution < -0.4 is 4.90 Å². The molecule has 3 heterocycles. The third kappa shape index (κ3) is 3.44. The molecule has 2 aromatic rings. The van der Waals surface area contributed by atoms with Crippen LogP contribution in [0, 0.1) is 0 Å². The Balaban J connectivity index is 1.59. The number of anilines is 1. The fourth-order valence-electron chi connectivity index (χ4n) is 3.76. The van der Waals surface area contributed by atoms with Gasteiger partial charge in [-0.2, -0.15) is 0 Å². The summed E-state index contributed by atoms with van der Waals surface area (Å²) in [6, 6.07) is 5.84. The first kappa shape index (κ1) is 16.3. The average molecular weight is 341 g/mol. The van der Waals surface area contributed by atoms with Crippen molar-refractivity contribution in [1.29, 1.82) is 0 Å². The number of ether oxygens (including phenoxy) is 1. The molecule has 2 fully saturated rings. The van der Waals surface area contributed by atoms with Crippen molar-refractivity contribution < 1.29 is 13.9 Å². The van der Waals surface area contributed by atoms with Crippen LogP contribution in [0.15, 0.2) is 35.1 Å². The van der Waals surface area contributed by atoms with Crippen LogP contribution in [0.1, 0.15) is 60.8 Å². The number of hydrogen-bond acceptors (Lipinski definition) is 5. The van der Waals surface area contributed by atoms with Gasteiger partial charge in [-0.3, -0.25) is 9.69 Å². The highest BCUT2D eigenvalue weighted by Crippen LogP contribution is 2.30. The zero-order valence-corrected chi connectivity index (χ0v) is 14.3. The van der Waals surface area contributed by atoms with Crippen LogP contribution in [0.3, 0.4) is 0 Å². The maximum absolute atomic E-state index is 13.2. The van der Waals surface area contributed by atoms with E-state index in [2.05, 4.69) is 9.97 Å². The number of hydrogen-bond donors (Lipinski definition) is 0. The summed E-state index contributed by atoms with van der Waals surface area (Å²) >= 11 is 0. The van der Waals surface area contributed by atoms with Crippen molar-refractivity contribution in [3.8, 4) is 0 Å². The maximum atomic E-state index is 13.2. The van der Waals surface area contributed by atoms with Gasteiger partial charge in [0.25, 0.3) is 5.91 Å². The second-order valence-electron chi connectivity index (χ2n) is 6.76. The Bertz CT molecular complexity index is 704. The van der Waals surface area contributed by atoms with Gasteiger partial charge in [-0.1, -0.05) is 18.9 Å². The number of pyridine rings is 1. The van der Waals surface area contributed by atoms with Crippen LogP contribution >= 0.6 is 0 Å². The molecule has 1 amide bonds. The van der Waals surface area contributed by atoms with Gasteiger partial charge in [-0.05, 0) is 37.8 Å². The van der Waals surface area contributed by atoms with E-state index < -0.39 is 0 Å². The van der Waals surface area contributed by atoms with E-state index in [1.807, 2.05) is 18.2 Å². The van der Waals surface area contributed by atoms with E-state index >= 15 is 0 Å². The van der Waals surface area contributed by atoms with Crippen molar-refractivity contribution >= 4 is 11.7 Å². The topological polar surface area (TPSA) is 68.5 Å². The monoisotopic (exact) mass is 341 g/mol. The molecule has 132 valence electrons. The van der Waals surface area contributed by atoms with Crippen LogP contribution in [0.5, 0.6) is 0 Å². The molecule has 2 aliphatic rings. The van der Waals surface area contributed by atoms with Crippen LogP contribution in [0.4, 0.5) is 5.82 Å². The van der Waals surface area contributed by atoms with Crippen molar-refractivity contribution in [2.75, 3.05) is 18.1 Å². The van der Waals surface area contributed by atoms with E-state index in [1.165, 1.54) is 6.26 Å². The van der Waals surface area contributed by atoms with Gasteiger partial charge < -0.3 is 9.15 Å². The molecule has 25 heavy (non-hydrogen) atoms. The Hall–Kier alpha value is -2.21. The summed E-state index contributed by atoms with van der Waals surface area (Å²) in [6.45, 7) is 1.44. The minimum atomic E-state index is -0.118. The molecular formula is C19H23N3O3. The fraction of sp³-hybridized carbons (Fsp3) is 0.526. The Morgan fingerprint density at radius 1 is 1.12 bits per heavy atom. The lowest BCUT2D eigenvalue weighted by atomic mass is 10.0. The molecule has 1 aliphatic heterocycles. The predicted octanol–water partition coefficient (Wildman–Crippen LogP) is 3.55. The molecule has 6 nitrogen and oxygen atoms in total. The average Bonchev–Trinajstić information content (AvgIpc) is 3.36. The molecular weight excluding hydrogens is 318 g/mol. The second kappa shape index (κ2) is 7.35. The molecule has 0 atom stereocenters. The van der Waals surface area contributed by atoms with Gasteiger partial charge in [0.15, 0.2) is 11.6 Å². The van der Waals surface area contributed by atoms with Gasteiger partial charge in [-0.25, -0.2) is 9.97 Å². The van der Waals surface area contributed by atoms with Crippen LogP contribution in [0.2, 0.25) is 0 Å². The van der Waals surface area contributed by atoms with Crippen LogP contribution in [-0.4, -0.2) is 35.1 Å². The molecule has 1 aliphatic carbocycles. The molecule has 6 heteroatoms. The molecule has 0 spiro atoms. The summed E-state index contributed by atoms with van der Waals surface area (Å²) in [6.07, 6.45) is 9.31. The third-order valence-corrected chi connectivity index (χ3v) is 5.12. The van der Waals surface area contributed by atoms with Crippen molar-refractivity contribution in [2.24, 2.45) is 0 Å². The Labute approximate surface area is 147 Å². The maximum Gasteiger partial charge on any atom is 0.281 e. The smallest absolute Gasteiger partial charge is 0.281 e. The van der Waals surface area contributed by atoms with Gasteiger partial charge in [0.05, 0.1) is 0 Å². The van der Waals surface area contributed by atoms with Gasteiger partial charge >= 0.3 is 0 Å². The molecule has 0 N–H and O–H groups in total. The minimum absolute atomic E-state index is 0.118. The highest BCUT2D eigenvalue weighted by atomic mass is 16.5. The van der Waals surface area contributed by atoms with Gasteiger partial charge in [0.1, 0.15) is 12.1 Å². The van der Waals surface area contributed by atoms with Crippen LogP contribution in [-0.2, 0) is 4.74 Å². The van der Waals surface area contributed by atoms with Gasteiger partial charge in [0.2, 0.25) is 0 Å². The van der Waals surface area contributed by atoms with Crippen molar-refractivity contribution in [2.45, 2.75) is 50.5 Å². The largest absolute Gasteiger partial charge is 0.448 e. The molecule has 1 saturated carbocycles. The quantitative estimate of drug-likeness (QED) is 0.850. The number of nitrogens with zero attached hydrogens (tertiary/aromatic N) is 3. The zero-order chi connectivity index (χ0) is 17.1. The second-order valence-corrected chi connectivity index (χ2v) is 6.76. The molecule has 2 aromatic heterocycles. The Kier molecular flexibility index (Phi) is 4.78. The normalized spacial score (nSPS) is 19.2. The highest BCUT2D eigenvalue weighted by Gasteiger charge is 2.32. The van der Waals surface area contributed by atoms with E-state index in [-0.39, 0.29) is 17.9 Å². The van der Waals surface area contributed by atoms with E-state index in [0.717, 1.165) is 51.7 Å². The SMILES string of the molecule is O=C(c1coc(C2CCOCC2)n1)N(c1ccccn1)C1CCCC1. The summed E-state index contributed by atoms with van der Waals surface area (Å²) in [5, 5.41) is 0. The zero-order valence-electron chi connectivity index (χ0n) is 14.3. The van der Waals surface area contributed by atoms with E-state index in [1.54, 1.807) is 11.1 Å². The van der Waals surface area contributed by atoms with Gasteiger partial charge in [-0.15, -0.1) is 0 Å². The summed E-state index contributed by atoms with van der Waals surface area (Å²) in [4.78, 5) is 23.9. The highest BCUT2D eigenvalue weighted by molar-refractivity contribution is 6.04. The van der Waals surface area contributed by atoms with Crippen molar-refractivity contribution in [1.82, 2.24) is 9.97 Å². The summed E-state index contributed by atoms with van der Waals surface area (Å²) in [5.41, 5.74) is 0.374. The van der Waals surface area contributed by atoms with E-state index in [9.17, 15) is 4.79 Å². The number of amides is 1. The van der Waals surface area contributed by atoms with Crippen molar-refractivity contribution in [3.63, 3.8) is 0 Å². The predicted molar refractivity (Wildman–Crippen MR) is 92.6 cm³/mol. The third-order valence-electron chi connectivity index (χ3n) is 5.12. The van der Waals surface area contributed by atoms with Crippen molar-refractivity contribution in [3.05, 3.63) is 42.2 Å². The number of aromatic nitrogens is 2. The standard InChI is InChI=1S/C19H23N3O3/c23-19(16-13-25-18(21-16)14-8-11-24-12-9-14)22(15-5-1-2-6-15)17-7-3-4-10-20-17/h3-4,7,10,13-15H,1-2,5-6,8-9,11-12H2. The van der Waals surface area contributed by atoms with Crippen LogP contribution in [0.25, 0.3) is 0 Å². The lowest BCUT2D eigenvalue weighted by molar-refractivity contribution is 0.0794. The lowest BCUT2D eigenvalue weighted by Crippen LogP contribution is -2.39. The Morgan fingerprint density at radius 2 is 1.92 bits per heavy atom. The molecule has 0 unspecified atom stereocenters.